The van der Waals surface area contributed by atoms with Crippen LogP contribution in [0.3, 0.4) is 0 Å². The van der Waals surface area contributed by atoms with Gasteiger partial charge in [0.25, 0.3) is 5.56 Å². The molecule has 1 fully saturated rings. The molecule has 3 heterocycles. The van der Waals surface area contributed by atoms with Crippen molar-refractivity contribution >= 4 is 5.95 Å². The molecule has 1 aromatic heterocycles. The highest BCUT2D eigenvalue weighted by Gasteiger charge is 2.24. The van der Waals surface area contributed by atoms with Crippen LogP contribution >= 0.6 is 0 Å². The molecule has 28 heavy (non-hydrogen) atoms. The molecule has 0 bridgehead atoms. The van der Waals surface area contributed by atoms with E-state index < -0.39 is 0 Å². The van der Waals surface area contributed by atoms with Crippen LogP contribution in [0.5, 0.6) is 0 Å². The van der Waals surface area contributed by atoms with Crippen molar-refractivity contribution in [1.29, 1.82) is 0 Å². The van der Waals surface area contributed by atoms with E-state index in [1.54, 1.807) is 0 Å². The molecule has 5 nitrogen and oxygen atoms in total. The summed E-state index contributed by atoms with van der Waals surface area (Å²) in [6.07, 6.45) is 4.27. The quantitative estimate of drug-likeness (QED) is 0.862. The zero-order valence-corrected chi connectivity index (χ0v) is 17.2. The molecule has 0 amide bonds. The number of rotatable bonds is 5. The first-order valence-electron chi connectivity index (χ1n) is 10.7. The predicted molar refractivity (Wildman–Crippen MR) is 114 cm³/mol. The van der Waals surface area contributed by atoms with E-state index in [0.717, 1.165) is 68.7 Å². The molecule has 1 saturated heterocycles. The van der Waals surface area contributed by atoms with Gasteiger partial charge in [-0.25, -0.2) is 4.98 Å². The zero-order valence-electron chi connectivity index (χ0n) is 17.2. The van der Waals surface area contributed by atoms with Gasteiger partial charge in [-0.2, -0.15) is 0 Å². The number of nitrogens with one attached hydrogen (secondary N) is 1. The summed E-state index contributed by atoms with van der Waals surface area (Å²) in [4.78, 5) is 25.2. The van der Waals surface area contributed by atoms with Crippen molar-refractivity contribution < 1.29 is 0 Å². The Balaban J connectivity index is 1.42. The maximum Gasteiger partial charge on any atom is 0.255 e. The van der Waals surface area contributed by atoms with Crippen LogP contribution in [0.1, 0.15) is 55.8 Å². The Morgan fingerprint density at radius 3 is 2.68 bits per heavy atom. The van der Waals surface area contributed by atoms with Gasteiger partial charge in [0, 0.05) is 31.7 Å². The fourth-order valence-corrected chi connectivity index (χ4v) is 4.37. The number of nitrogens with zero attached hydrogens (tertiary/aromatic N) is 3. The van der Waals surface area contributed by atoms with Crippen LogP contribution < -0.4 is 10.5 Å². The third-order valence-corrected chi connectivity index (χ3v) is 6.47. The van der Waals surface area contributed by atoms with E-state index >= 15 is 0 Å². The molecule has 150 valence electrons. The molecular weight excluding hydrogens is 348 g/mol. The van der Waals surface area contributed by atoms with Crippen LogP contribution in [0.15, 0.2) is 35.1 Å². The van der Waals surface area contributed by atoms with E-state index in [9.17, 15) is 4.79 Å². The highest BCUT2D eigenvalue weighted by atomic mass is 16.1. The summed E-state index contributed by atoms with van der Waals surface area (Å²) in [5.41, 5.74) is 3.34. The highest BCUT2D eigenvalue weighted by molar-refractivity contribution is 5.34. The Morgan fingerprint density at radius 2 is 1.93 bits per heavy atom. The summed E-state index contributed by atoms with van der Waals surface area (Å²) < 4.78 is 0. The number of hydrogen-bond acceptors (Lipinski definition) is 4. The first kappa shape index (κ1) is 19.2. The Morgan fingerprint density at radius 1 is 1.18 bits per heavy atom. The minimum Gasteiger partial charge on any atom is -0.342 e. The molecule has 1 aromatic carbocycles. The van der Waals surface area contributed by atoms with Gasteiger partial charge >= 0.3 is 0 Å². The van der Waals surface area contributed by atoms with E-state index in [1.165, 1.54) is 18.4 Å². The first-order chi connectivity index (χ1) is 13.6. The summed E-state index contributed by atoms with van der Waals surface area (Å²) in [6, 6.07) is 10.7. The fourth-order valence-electron chi connectivity index (χ4n) is 4.37. The summed E-state index contributed by atoms with van der Waals surface area (Å²) in [5, 5.41) is 0. The maximum absolute atomic E-state index is 12.6. The molecule has 1 N–H and O–H groups in total. The molecule has 0 unspecified atom stereocenters. The average molecular weight is 381 g/mol. The Labute approximate surface area is 167 Å². The number of aromatic amines is 1. The van der Waals surface area contributed by atoms with Gasteiger partial charge in [0.2, 0.25) is 5.95 Å². The number of piperidine rings is 1. The Bertz CT molecular complexity index is 839. The second-order valence-corrected chi connectivity index (χ2v) is 8.61. The van der Waals surface area contributed by atoms with Crippen LogP contribution in [0.4, 0.5) is 5.95 Å². The van der Waals surface area contributed by atoms with E-state index in [0.29, 0.717) is 5.92 Å². The molecule has 5 heteroatoms. The Hall–Kier alpha value is -2.14. The minimum atomic E-state index is 0.0657. The summed E-state index contributed by atoms with van der Waals surface area (Å²) >= 11 is 0. The van der Waals surface area contributed by atoms with Crippen LogP contribution in [0, 0.1) is 5.92 Å². The normalized spacial score (nSPS) is 19.4. The van der Waals surface area contributed by atoms with Gasteiger partial charge in [-0.05, 0) is 49.6 Å². The molecule has 2 aliphatic heterocycles. The van der Waals surface area contributed by atoms with Crippen LogP contribution in [0.2, 0.25) is 0 Å². The third kappa shape index (κ3) is 4.30. The molecule has 2 aromatic rings. The monoisotopic (exact) mass is 380 g/mol. The Kier molecular flexibility index (Phi) is 5.81. The van der Waals surface area contributed by atoms with Crippen molar-refractivity contribution in [3.8, 4) is 0 Å². The van der Waals surface area contributed by atoms with Crippen LogP contribution in [-0.2, 0) is 13.0 Å². The van der Waals surface area contributed by atoms with E-state index in [1.807, 2.05) is 0 Å². The summed E-state index contributed by atoms with van der Waals surface area (Å²) in [7, 11) is 0. The van der Waals surface area contributed by atoms with Gasteiger partial charge < -0.3 is 4.90 Å². The lowest BCUT2D eigenvalue weighted by atomic mass is 9.97. The largest absolute Gasteiger partial charge is 0.342 e. The molecule has 0 spiro atoms. The second kappa shape index (κ2) is 8.48. The predicted octanol–water partition coefficient (Wildman–Crippen LogP) is 3.56. The number of anilines is 1. The lowest BCUT2D eigenvalue weighted by Gasteiger charge is -2.32. The zero-order chi connectivity index (χ0) is 19.5. The minimum absolute atomic E-state index is 0.0657. The van der Waals surface area contributed by atoms with Crippen molar-refractivity contribution in [2.24, 2.45) is 5.92 Å². The average Bonchev–Trinajstić information content (AvgIpc) is 2.73. The van der Waals surface area contributed by atoms with Crippen molar-refractivity contribution in [2.75, 3.05) is 31.1 Å². The van der Waals surface area contributed by atoms with Gasteiger partial charge in [0.1, 0.15) is 0 Å². The molecule has 0 radical (unpaired) electrons. The number of H-pyrrole nitrogens is 1. The first-order valence-corrected chi connectivity index (χ1v) is 10.7. The fraction of sp³-hybridized carbons (Fsp3) is 0.565. The number of hydrogen-bond donors (Lipinski definition) is 1. The standard InChI is InChI=1S/C23H32N4O/c1-17-8-14-27(15-9-17)23-24-21-16-26(13-11-20(21)22(28)25-23)12-10-18(2)19-6-4-3-5-7-19/h3-7,17-18H,8-16H2,1-2H3,(H,24,25,28)/t18-/m1/s1. The van der Waals surface area contributed by atoms with Crippen molar-refractivity contribution in [1.82, 2.24) is 14.9 Å². The lowest BCUT2D eigenvalue weighted by Crippen LogP contribution is -2.39. The van der Waals surface area contributed by atoms with Crippen molar-refractivity contribution in [2.45, 2.75) is 52.0 Å². The summed E-state index contributed by atoms with van der Waals surface area (Å²) in [5.74, 6) is 2.08. The molecular formula is C23H32N4O. The van der Waals surface area contributed by atoms with Gasteiger partial charge in [0.05, 0.1) is 5.69 Å². The second-order valence-electron chi connectivity index (χ2n) is 8.61. The molecule has 4 rings (SSSR count). The number of aromatic nitrogens is 2. The highest BCUT2D eigenvalue weighted by Crippen LogP contribution is 2.23. The molecule has 2 aliphatic rings. The van der Waals surface area contributed by atoms with E-state index in [-0.39, 0.29) is 5.56 Å². The van der Waals surface area contributed by atoms with Gasteiger partial charge in [-0.15, -0.1) is 0 Å². The smallest absolute Gasteiger partial charge is 0.255 e. The SMILES string of the molecule is CC1CCN(c2nc3c(c(=O)[nH]2)CCN(CC[C@@H](C)c2ccccc2)C3)CC1. The van der Waals surface area contributed by atoms with E-state index in [2.05, 4.69) is 59.0 Å². The number of benzene rings is 1. The maximum atomic E-state index is 12.6. The summed E-state index contributed by atoms with van der Waals surface area (Å²) in [6.45, 7) is 9.35. The van der Waals surface area contributed by atoms with Crippen LogP contribution in [0.25, 0.3) is 0 Å². The molecule has 0 saturated carbocycles. The topological polar surface area (TPSA) is 52.2 Å². The molecule has 0 aliphatic carbocycles. The number of fused-ring (bicyclic) bond motifs is 1. The van der Waals surface area contributed by atoms with E-state index in [4.69, 9.17) is 4.98 Å². The molecule has 1 atom stereocenters. The lowest BCUT2D eigenvalue weighted by molar-refractivity contribution is 0.241. The van der Waals surface area contributed by atoms with Gasteiger partial charge in [-0.1, -0.05) is 44.2 Å². The van der Waals surface area contributed by atoms with Crippen molar-refractivity contribution in [3.05, 3.63) is 57.5 Å². The van der Waals surface area contributed by atoms with Crippen LogP contribution in [-0.4, -0.2) is 41.0 Å². The van der Waals surface area contributed by atoms with Gasteiger partial charge in [-0.3, -0.25) is 14.7 Å². The van der Waals surface area contributed by atoms with Gasteiger partial charge in [0.15, 0.2) is 0 Å². The van der Waals surface area contributed by atoms with Crippen molar-refractivity contribution in [3.63, 3.8) is 0 Å². The third-order valence-electron chi connectivity index (χ3n) is 6.47.